The highest BCUT2D eigenvalue weighted by atomic mass is 32.1. The second kappa shape index (κ2) is 9.34. The Morgan fingerprint density at radius 2 is 1.81 bits per heavy atom. The molecule has 1 amide bonds. The number of aryl methyl sites for hydroxylation is 1. The molecule has 0 spiro atoms. The Balaban J connectivity index is 1.62. The van der Waals surface area contributed by atoms with Gasteiger partial charge in [-0.3, -0.25) is 14.4 Å². The van der Waals surface area contributed by atoms with Gasteiger partial charge in [-0.2, -0.15) is 0 Å². The minimum absolute atomic E-state index is 0.0618. The van der Waals surface area contributed by atoms with E-state index in [2.05, 4.69) is 24.8 Å². The lowest BCUT2D eigenvalue weighted by atomic mass is 9.92. The normalized spacial score (nSPS) is 20.4. The third-order valence-electron chi connectivity index (χ3n) is 7.15. The second-order valence-corrected chi connectivity index (χ2v) is 10.6. The van der Waals surface area contributed by atoms with Crippen LogP contribution in [0.5, 0.6) is 0 Å². The molecule has 0 saturated heterocycles. The molecule has 3 aliphatic rings. The number of nitrogens with zero attached hydrogens (tertiary/aromatic N) is 2. The first-order chi connectivity index (χ1) is 15.3. The average molecular weight is 455 g/mol. The molecular weight excluding hydrogens is 420 g/mol. The highest BCUT2D eigenvalue weighted by Gasteiger charge is 2.33. The van der Waals surface area contributed by atoms with Gasteiger partial charge in [-0.15, -0.1) is 11.3 Å². The van der Waals surface area contributed by atoms with Crippen LogP contribution in [0.15, 0.2) is 22.8 Å². The van der Waals surface area contributed by atoms with Crippen molar-refractivity contribution in [3.63, 3.8) is 0 Å². The van der Waals surface area contributed by atoms with Gasteiger partial charge in [0.1, 0.15) is 5.78 Å². The monoisotopic (exact) mass is 454 g/mol. The lowest BCUT2D eigenvalue weighted by molar-refractivity contribution is -0.120. The fourth-order valence-corrected chi connectivity index (χ4v) is 6.90. The van der Waals surface area contributed by atoms with Gasteiger partial charge in [-0.05, 0) is 64.5 Å². The number of ketones is 2. The summed E-state index contributed by atoms with van der Waals surface area (Å²) in [7, 11) is 0. The van der Waals surface area contributed by atoms with Crippen molar-refractivity contribution < 1.29 is 14.4 Å². The summed E-state index contributed by atoms with van der Waals surface area (Å²) in [5.74, 6) is 0.576. The molecule has 5 nitrogen and oxygen atoms in total. The zero-order valence-electron chi connectivity index (χ0n) is 19.8. The van der Waals surface area contributed by atoms with Crippen LogP contribution < -0.4 is 4.90 Å². The number of hydrogen-bond acceptors (Lipinski definition) is 5. The maximum Gasteiger partial charge on any atom is 0.255 e. The summed E-state index contributed by atoms with van der Waals surface area (Å²) < 4.78 is 0. The van der Waals surface area contributed by atoms with Gasteiger partial charge in [-0.1, -0.05) is 11.6 Å². The molecule has 0 bridgehead atoms. The second-order valence-electron chi connectivity index (χ2n) is 9.47. The Hall–Kier alpha value is -2.21. The molecule has 2 aliphatic carbocycles. The molecule has 0 atom stereocenters. The summed E-state index contributed by atoms with van der Waals surface area (Å²) in [4.78, 5) is 43.5. The summed E-state index contributed by atoms with van der Waals surface area (Å²) in [6.07, 6.45) is 7.47. The molecule has 0 radical (unpaired) electrons. The first-order valence-corrected chi connectivity index (χ1v) is 12.7. The Kier molecular flexibility index (Phi) is 6.70. The number of hydrogen-bond donors (Lipinski definition) is 0. The van der Waals surface area contributed by atoms with E-state index in [0.29, 0.717) is 44.2 Å². The zero-order chi connectivity index (χ0) is 23.0. The van der Waals surface area contributed by atoms with Gasteiger partial charge in [0.15, 0.2) is 5.78 Å². The van der Waals surface area contributed by atoms with Crippen LogP contribution in [0.1, 0.15) is 80.1 Å². The van der Waals surface area contributed by atoms with E-state index in [4.69, 9.17) is 0 Å². The number of fused-ring (bicyclic) bond motifs is 1. The standard InChI is InChI=1S/C26H34N2O3S/c1-5-28(19-8-10-20(29)11-9-19)26-18(4)24-23(32-26)7-6-12-27(25(24)31)15-21-17(3)13-16(2)14-22(21)30/h13,19H,5-12,14-15H2,1-4H3. The highest BCUT2D eigenvalue weighted by molar-refractivity contribution is 7.16. The van der Waals surface area contributed by atoms with Crippen molar-refractivity contribution in [2.24, 2.45) is 0 Å². The number of thiophene rings is 1. The van der Waals surface area contributed by atoms with Gasteiger partial charge in [0.25, 0.3) is 5.91 Å². The Labute approximate surface area is 195 Å². The van der Waals surface area contributed by atoms with Crippen molar-refractivity contribution in [2.45, 2.75) is 78.7 Å². The number of Topliss-reactive ketones (excluding diaryl/α,β-unsaturated/α-hetero) is 2. The van der Waals surface area contributed by atoms with Crippen molar-refractivity contribution in [1.29, 1.82) is 0 Å². The Morgan fingerprint density at radius 1 is 1.09 bits per heavy atom. The van der Waals surface area contributed by atoms with E-state index in [9.17, 15) is 14.4 Å². The topological polar surface area (TPSA) is 57.7 Å². The number of rotatable bonds is 5. The first kappa shape index (κ1) is 23.0. The molecule has 6 heteroatoms. The van der Waals surface area contributed by atoms with Gasteiger partial charge in [0.2, 0.25) is 0 Å². The molecule has 1 fully saturated rings. The fraction of sp³-hybridized carbons (Fsp3) is 0.577. The third-order valence-corrected chi connectivity index (χ3v) is 8.54. The summed E-state index contributed by atoms with van der Waals surface area (Å²) >= 11 is 1.76. The number of amides is 1. The van der Waals surface area contributed by atoms with E-state index in [1.54, 1.807) is 11.3 Å². The van der Waals surface area contributed by atoms with Crippen LogP contribution >= 0.6 is 11.3 Å². The van der Waals surface area contributed by atoms with E-state index >= 15 is 0 Å². The lowest BCUT2D eigenvalue weighted by Crippen LogP contribution is -2.38. The molecule has 1 aromatic heterocycles. The third kappa shape index (κ3) is 4.34. The molecule has 0 N–H and O–H groups in total. The van der Waals surface area contributed by atoms with Gasteiger partial charge < -0.3 is 9.80 Å². The molecule has 1 saturated carbocycles. The molecule has 0 unspecified atom stereocenters. The SMILES string of the molecule is CCN(c1sc2c(c1C)C(=O)N(CC1=C(C)C=C(C)CC1=O)CCC2)C1CCC(=O)CC1. The number of carbonyl (C=O) groups is 3. The van der Waals surface area contributed by atoms with E-state index in [-0.39, 0.29) is 11.7 Å². The van der Waals surface area contributed by atoms with Crippen LogP contribution in [-0.2, 0) is 16.0 Å². The van der Waals surface area contributed by atoms with Crippen molar-refractivity contribution in [3.8, 4) is 0 Å². The van der Waals surface area contributed by atoms with E-state index in [1.807, 2.05) is 18.7 Å². The molecular formula is C26H34N2O3S. The van der Waals surface area contributed by atoms with Gasteiger partial charge >= 0.3 is 0 Å². The maximum atomic E-state index is 13.7. The Morgan fingerprint density at radius 3 is 2.47 bits per heavy atom. The van der Waals surface area contributed by atoms with Crippen LogP contribution in [-0.4, -0.2) is 48.0 Å². The number of anilines is 1. The van der Waals surface area contributed by atoms with Crippen LogP contribution in [0.2, 0.25) is 0 Å². The van der Waals surface area contributed by atoms with E-state index < -0.39 is 0 Å². The lowest BCUT2D eigenvalue weighted by Gasteiger charge is -2.34. The minimum Gasteiger partial charge on any atom is -0.360 e. The van der Waals surface area contributed by atoms with Gasteiger partial charge in [0.05, 0.1) is 10.6 Å². The largest absolute Gasteiger partial charge is 0.360 e. The van der Waals surface area contributed by atoms with Crippen molar-refractivity contribution >= 4 is 33.8 Å². The average Bonchev–Trinajstić information content (AvgIpc) is 2.97. The molecule has 2 heterocycles. The summed E-state index contributed by atoms with van der Waals surface area (Å²) in [5, 5.41) is 1.19. The fourth-order valence-electron chi connectivity index (χ4n) is 5.43. The molecule has 32 heavy (non-hydrogen) atoms. The quantitative estimate of drug-likeness (QED) is 0.627. The molecule has 172 valence electrons. The highest BCUT2D eigenvalue weighted by Crippen LogP contribution is 2.41. The van der Waals surface area contributed by atoms with Gasteiger partial charge in [-0.25, -0.2) is 0 Å². The van der Waals surface area contributed by atoms with Crippen molar-refractivity contribution in [2.75, 3.05) is 24.5 Å². The summed E-state index contributed by atoms with van der Waals surface area (Å²) in [6, 6.07) is 0.368. The van der Waals surface area contributed by atoms with Crippen molar-refractivity contribution in [1.82, 2.24) is 4.90 Å². The summed E-state index contributed by atoms with van der Waals surface area (Å²) in [5.41, 5.74) is 4.77. The van der Waals surface area contributed by atoms with Crippen molar-refractivity contribution in [3.05, 3.63) is 38.8 Å². The maximum absolute atomic E-state index is 13.7. The molecule has 1 aromatic rings. The predicted octanol–water partition coefficient (Wildman–Crippen LogP) is 5.02. The van der Waals surface area contributed by atoms with Crippen LogP contribution in [0, 0.1) is 6.92 Å². The van der Waals surface area contributed by atoms with E-state index in [0.717, 1.165) is 60.1 Å². The predicted molar refractivity (Wildman–Crippen MR) is 130 cm³/mol. The van der Waals surface area contributed by atoms with Crippen LogP contribution in [0.25, 0.3) is 0 Å². The first-order valence-electron chi connectivity index (χ1n) is 11.9. The van der Waals surface area contributed by atoms with Crippen LogP contribution in [0.4, 0.5) is 5.00 Å². The molecule has 4 rings (SSSR count). The zero-order valence-corrected chi connectivity index (χ0v) is 20.6. The van der Waals surface area contributed by atoms with Gasteiger partial charge in [0, 0.05) is 55.4 Å². The smallest absolute Gasteiger partial charge is 0.255 e. The van der Waals surface area contributed by atoms with E-state index in [1.165, 1.54) is 9.88 Å². The minimum atomic E-state index is 0.0618. The number of allylic oxidation sites excluding steroid dienone is 3. The Bertz CT molecular complexity index is 1010. The molecule has 0 aromatic carbocycles. The molecule has 1 aliphatic heterocycles. The van der Waals surface area contributed by atoms with Crippen LogP contribution in [0.3, 0.4) is 0 Å². The summed E-state index contributed by atoms with van der Waals surface area (Å²) in [6.45, 7) is 10.2. The number of carbonyl (C=O) groups excluding carboxylic acids is 3.